The SMILES string of the molecule is NS(=O)(=O)c1sccc1NO. The van der Waals surface area contributed by atoms with Gasteiger partial charge in [0, 0.05) is 0 Å². The summed E-state index contributed by atoms with van der Waals surface area (Å²) in [5, 5.41) is 14.7. The highest BCUT2D eigenvalue weighted by molar-refractivity contribution is 7.91. The van der Waals surface area contributed by atoms with Gasteiger partial charge in [0.05, 0.1) is 5.69 Å². The molecule has 0 aromatic carbocycles. The minimum Gasteiger partial charge on any atom is -0.291 e. The van der Waals surface area contributed by atoms with E-state index < -0.39 is 10.0 Å². The summed E-state index contributed by atoms with van der Waals surface area (Å²) in [7, 11) is -3.71. The average molecular weight is 194 g/mol. The number of sulfonamides is 1. The molecule has 0 atom stereocenters. The van der Waals surface area contributed by atoms with Gasteiger partial charge in [0.2, 0.25) is 10.0 Å². The summed E-state index contributed by atoms with van der Waals surface area (Å²) >= 11 is 0.946. The lowest BCUT2D eigenvalue weighted by atomic mass is 10.6. The number of rotatable bonds is 2. The molecule has 0 bridgehead atoms. The number of hydrogen-bond acceptors (Lipinski definition) is 5. The van der Waals surface area contributed by atoms with Crippen molar-refractivity contribution in [2.75, 3.05) is 5.48 Å². The van der Waals surface area contributed by atoms with Crippen molar-refractivity contribution in [2.24, 2.45) is 5.14 Å². The van der Waals surface area contributed by atoms with Crippen LogP contribution in [0.3, 0.4) is 0 Å². The van der Waals surface area contributed by atoms with Crippen LogP contribution < -0.4 is 10.6 Å². The predicted molar refractivity (Wildman–Crippen MR) is 41.1 cm³/mol. The minimum absolute atomic E-state index is 0.0694. The molecule has 11 heavy (non-hydrogen) atoms. The van der Waals surface area contributed by atoms with E-state index in [2.05, 4.69) is 0 Å². The zero-order valence-corrected chi connectivity index (χ0v) is 6.95. The highest BCUT2D eigenvalue weighted by atomic mass is 32.2. The van der Waals surface area contributed by atoms with Crippen LogP contribution in [0.1, 0.15) is 0 Å². The first-order valence-electron chi connectivity index (χ1n) is 2.56. The van der Waals surface area contributed by atoms with E-state index >= 15 is 0 Å². The molecular weight excluding hydrogens is 188 g/mol. The van der Waals surface area contributed by atoms with Gasteiger partial charge in [-0.3, -0.25) is 10.7 Å². The topological polar surface area (TPSA) is 92.4 Å². The third-order valence-electron chi connectivity index (χ3n) is 1.01. The Bertz CT molecular complexity index is 342. The molecule has 0 aliphatic carbocycles. The Morgan fingerprint density at radius 2 is 2.27 bits per heavy atom. The number of nitrogens with two attached hydrogens (primary N) is 1. The van der Waals surface area contributed by atoms with E-state index in [-0.39, 0.29) is 9.90 Å². The van der Waals surface area contributed by atoms with Crippen LogP contribution in [0.2, 0.25) is 0 Å². The van der Waals surface area contributed by atoms with Gasteiger partial charge < -0.3 is 0 Å². The molecule has 1 aromatic rings. The van der Waals surface area contributed by atoms with Gasteiger partial charge in [-0.05, 0) is 11.4 Å². The Morgan fingerprint density at radius 3 is 2.64 bits per heavy atom. The van der Waals surface area contributed by atoms with Crippen LogP contribution in [-0.2, 0) is 10.0 Å². The molecule has 1 heterocycles. The lowest BCUT2D eigenvalue weighted by Gasteiger charge is -1.96. The van der Waals surface area contributed by atoms with Crippen molar-refractivity contribution in [1.29, 1.82) is 0 Å². The standard InChI is InChI=1S/C4H6N2O3S2/c5-11(8,9)4-3(6-7)1-2-10-4/h1-2,6-7H,(H2,5,8,9). The summed E-state index contributed by atoms with van der Waals surface area (Å²) in [6.45, 7) is 0. The van der Waals surface area contributed by atoms with Crippen molar-refractivity contribution in [3.8, 4) is 0 Å². The maximum absolute atomic E-state index is 10.7. The summed E-state index contributed by atoms with van der Waals surface area (Å²) in [5.74, 6) is 0. The first-order valence-corrected chi connectivity index (χ1v) is 4.98. The summed E-state index contributed by atoms with van der Waals surface area (Å²) < 4.78 is 21.4. The van der Waals surface area contributed by atoms with Crippen molar-refractivity contribution in [1.82, 2.24) is 0 Å². The normalized spacial score (nSPS) is 11.5. The molecule has 0 fully saturated rings. The number of primary sulfonamides is 1. The van der Waals surface area contributed by atoms with Crippen LogP contribution in [0.15, 0.2) is 15.7 Å². The molecule has 0 aliphatic heterocycles. The van der Waals surface area contributed by atoms with Gasteiger partial charge in [-0.15, -0.1) is 11.3 Å². The van der Waals surface area contributed by atoms with Gasteiger partial charge in [-0.25, -0.2) is 13.6 Å². The molecule has 0 unspecified atom stereocenters. The van der Waals surface area contributed by atoms with Crippen molar-refractivity contribution in [3.63, 3.8) is 0 Å². The van der Waals surface area contributed by atoms with Crippen molar-refractivity contribution in [3.05, 3.63) is 11.4 Å². The Labute approximate surface area is 67.5 Å². The fourth-order valence-corrected chi connectivity index (χ4v) is 2.29. The molecule has 0 radical (unpaired) electrons. The Morgan fingerprint density at radius 1 is 1.64 bits per heavy atom. The quantitative estimate of drug-likeness (QED) is 0.586. The second-order valence-electron chi connectivity index (χ2n) is 1.78. The Kier molecular flexibility index (Phi) is 2.14. The molecular formula is C4H6N2O3S2. The molecule has 62 valence electrons. The van der Waals surface area contributed by atoms with Crippen molar-refractivity contribution in [2.45, 2.75) is 4.21 Å². The van der Waals surface area contributed by atoms with Crippen molar-refractivity contribution < 1.29 is 13.6 Å². The van der Waals surface area contributed by atoms with E-state index in [0.717, 1.165) is 11.3 Å². The van der Waals surface area contributed by atoms with Crippen LogP contribution in [-0.4, -0.2) is 13.6 Å². The van der Waals surface area contributed by atoms with Crippen LogP contribution in [0.25, 0.3) is 0 Å². The summed E-state index contributed by atoms with van der Waals surface area (Å²) in [5.41, 5.74) is 1.84. The van der Waals surface area contributed by atoms with Gasteiger partial charge in [0.15, 0.2) is 4.21 Å². The van der Waals surface area contributed by atoms with Crippen LogP contribution in [0.5, 0.6) is 0 Å². The molecule has 0 aliphatic rings. The van der Waals surface area contributed by atoms with Gasteiger partial charge in [0.1, 0.15) is 0 Å². The number of thiophene rings is 1. The molecule has 5 nitrogen and oxygen atoms in total. The van der Waals surface area contributed by atoms with Crippen LogP contribution in [0, 0.1) is 0 Å². The minimum atomic E-state index is -3.71. The van der Waals surface area contributed by atoms with Gasteiger partial charge in [-0.2, -0.15) is 0 Å². The zero-order chi connectivity index (χ0) is 8.48. The summed E-state index contributed by atoms with van der Waals surface area (Å²) in [4.78, 5) is 0. The second kappa shape index (κ2) is 2.78. The van der Waals surface area contributed by atoms with Gasteiger partial charge in [-0.1, -0.05) is 0 Å². The number of anilines is 1. The predicted octanol–water partition coefficient (Wildman–Crippen LogP) is 0.197. The van der Waals surface area contributed by atoms with E-state index in [1.54, 1.807) is 5.48 Å². The highest BCUT2D eigenvalue weighted by Gasteiger charge is 2.14. The Hall–Kier alpha value is -0.630. The number of nitrogens with one attached hydrogen (secondary N) is 1. The molecule has 4 N–H and O–H groups in total. The third kappa shape index (κ3) is 1.69. The van der Waals surface area contributed by atoms with E-state index in [0.29, 0.717) is 0 Å². The smallest absolute Gasteiger partial charge is 0.249 e. The fraction of sp³-hybridized carbons (Fsp3) is 0. The monoisotopic (exact) mass is 194 g/mol. The number of hydrogen-bond donors (Lipinski definition) is 3. The Balaban J connectivity index is 3.24. The molecule has 1 aromatic heterocycles. The van der Waals surface area contributed by atoms with E-state index in [9.17, 15) is 8.42 Å². The van der Waals surface area contributed by atoms with Gasteiger partial charge in [0.25, 0.3) is 0 Å². The summed E-state index contributed by atoms with van der Waals surface area (Å²) in [6, 6.07) is 1.42. The maximum Gasteiger partial charge on any atom is 0.249 e. The van der Waals surface area contributed by atoms with Crippen LogP contribution in [0.4, 0.5) is 5.69 Å². The average Bonchev–Trinajstić information content (AvgIpc) is 2.31. The third-order valence-corrected chi connectivity index (χ3v) is 3.44. The first kappa shape index (κ1) is 8.47. The molecule has 0 spiro atoms. The molecule has 0 amide bonds. The molecule has 0 saturated heterocycles. The molecule has 7 heteroatoms. The van der Waals surface area contributed by atoms with Gasteiger partial charge >= 0.3 is 0 Å². The fourth-order valence-electron chi connectivity index (χ4n) is 0.599. The molecule has 0 saturated carbocycles. The van der Waals surface area contributed by atoms with E-state index in [1.165, 1.54) is 11.4 Å². The zero-order valence-electron chi connectivity index (χ0n) is 5.31. The van der Waals surface area contributed by atoms with E-state index in [1.807, 2.05) is 0 Å². The summed E-state index contributed by atoms with van der Waals surface area (Å²) in [6.07, 6.45) is 0. The van der Waals surface area contributed by atoms with E-state index in [4.69, 9.17) is 10.3 Å². The first-order chi connectivity index (χ1) is 5.05. The highest BCUT2D eigenvalue weighted by Crippen LogP contribution is 2.25. The molecule has 1 rings (SSSR count). The maximum atomic E-state index is 10.7. The largest absolute Gasteiger partial charge is 0.291 e. The van der Waals surface area contributed by atoms with Crippen LogP contribution >= 0.6 is 11.3 Å². The second-order valence-corrected chi connectivity index (χ2v) is 4.45. The van der Waals surface area contributed by atoms with Crippen molar-refractivity contribution >= 4 is 27.0 Å². The lowest BCUT2D eigenvalue weighted by Crippen LogP contribution is -2.11. The lowest BCUT2D eigenvalue weighted by molar-refractivity contribution is 0.387.